The number of methoxy groups -OCH3 is 1. The number of oxime groups is 1. The van der Waals surface area contributed by atoms with E-state index < -0.39 is 12.0 Å². The Morgan fingerprint density at radius 1 is 0.950 bits per heavy atom. The fourth-order valence-corrected chi connectivity index (χ4v) is 5.44. The molecule has 8 heteroatoms. The van der Waals surface area contributed by atoms with Crippen LogP contribution in [-0.2, 0) is 27.6 Å². The van der Waals surface area contributed by atoms with Gasteiger partial charge in [0, 0.05) is 11.3 Å². The quantitative estimate of drug-likeness (QED) is 0.268. The highest BCUT2D eigenvalue weighted by Gasteiger charge is 2.41. The lowest BCUT2D eigenvalue weighted by molar-refractivity contribution is -0.138. The fourth-order valence-electron chi connectivity index (χ4n) is 4.80. The van der Waals surface area contributed by atoms with Gasteiger partial charge in [-0.2, -0.15) is 0 Å². The van der Waals surface area contributed by atoms with Crippen LogP contribution < -0.4 is 10.1 Å². The lowest BCUT2D eigenvalue weighted by Crippen LogP contribution is -2.47. The minimum atomic E-state index is -0.689. The molecule has 0 unspecified atom stereocenters. The van der Waals surface area contributed by atoms with Gasteiger partial charge in [-0.15, -0.1) is 11.3 Å². The highest BCUT2D eigenvalue weighted by atomic mass is 32.1. The molecule has 0 bridgehead atoms. The lowest BCUT2D eigenvalue weighted by atomic mass is 9.90. The summed E-state index contributed by atoms with van der Waals surface area (Å²) in [6.45, 7) is 0.901. The lowest BCUT2D eigenvalue weighted by Gasteiger charge is -2.28. The maximum atomic E-state index is 14.2. The van der Waals surface area contributed by atoms with E-state index in [-0.39, 0.29) is 25.0 Å². The third kappa shape index (κ3) is 6.58. The highest BCUT2D eigenvalue weighted by molar-refractivity contribution is 7.09. The molecule has 0 radical (unpaired) electrons. The van der Waals surface area contributed by atoms with E-state index >= 15 is 0 Å². The number of likely N-dealkylation sites (tertiary alicyclic amines) is 1. The molecule has 4 aromatic rings. The SMILES string of the molecule is COc1ccc(CON=C2C[C@@H](C(=O)NCc3cccs3)N(C(=O)C(c3ccccc3)c3ccccc3)C2)cc1. The van der Waals surface area contributed by atoms with Crippen molar-refractivity contribution in [3.05, 3.63) is 124 Å². The van der Waals surface area contributed by atoms with E-state index in [4.69, 9.17) is 9.57 Å². The summed E-state index contributed by atoms with van der Waals surface area (Å²) in [4.78, 5) is 36.0. The van der Waals surface area contributed by atoms with Gasteiger partial charge >= 0.3 is 0 Å². The normalized spacial score (nSPS) is 15.8. The molecule has 1 N–H and O–H groups in total. The van der Waals surface area contributed by atoms with E-state index in [2.05, 4.69) is 10.5 Å². The molecule has 7 nitrogen and oxygen atoms in total. The first-order valence-corrected chi connectivity index (χ1v) is 14.0. The van der Waals surface area contributed by atoms with E-state index in [1.165, 1.54) is 0 Å². The topological polar surface area (TPSA) is 80.2 Å². The summed E-state index contributed by atoms with van der Waals surface area (Å²) in [5, 5.41) is 9.34. The number of carbonyl (C=O) groups excluding carboxylic acids is 2. The van der Waals surface area contributed by atoms with E-state index in [1.807, 2.05) is 102 Å². The molecule has 3 aromatic carbocycles. The van der Waals surface area contributed by atoms with Gasteiger partial charge < -0.3 is 19.8 Å². The number of rotatable bonds is 10. The van der Waals surface area contributed by atoms with Gasteiger partial charge in [0.05, 0.1) is 31.8 Å². The van der Waals surface area contributed by atoms with Gasteiger partial charge in [0.15, 0.2) is 0 Å². The van der Waals surface area contributed by atoms with Gasteiger partial charge in [0.25, 0.3) is 0 Å². The number of nitrogens with zero attached hydrogens (tertiary/aromatic N) is 2. The first-order chi connectivity index (χ1) is 19.6. The van der Waals surface area contributed by atoms with Gasteiger partial charge in [0.1, 0.15) is 18.4 Å². The molecular weight excluding hydrogens is 522 g/mol. The van der Waals surface area contributed by atoms with Crippen molar-refractivity contribution < 1.29 is 19.2 Å². The number of nitrogens with one attached hydrogen (secondary N) is 1. The Morgan fingerprint density at radius 2 is 1.62 bits per heavy atom. The minimum absolute atomic E-state index is 0.144. The largest absolute Gasteiger partial charge is 0.497 e. The number of benzene rings is 3. The average molecular weight is 554 g/mol. The third-order valence-corrected chi connectivity index (χ3v) is 7.73. The molecule has 2 heterocycles. The Kier molecular flexibility index (Phi) is 8.88. The number of hydrogen-bond donors (Lipinski definition) is 1. The molecule has 0 spiro atoms. The zero-order valence-corrected chi connectivity index (χ0v) is 23.1. The van der Waals surface area contributed by atoms with Crippen molar-refractivity contribution in [2.45, 2.75) is 31.5 Å². The smallest absolute Gasteiger partial charge is 0.243 e. The summed E-state index contributed by atoms with van der Waals surface area (Å²) in [5.74, 6) is -0.131. The molecule has 0 aliphatic carbocycles. The predicted octanol–water partition coefficient (Wildman–Crippen LogP) is 5.38. The molecule has 40 heavy (non-hydrogen) atoms. The van der Waals surface area contributed by atoms with Gasteiger partial charge in [-0.25, -0.2) is 0 Å². The first-order valence-electron chi connectivity index (χ1n) is 13.1. The van der Waals surface area contributed by atoms with Crippen LogP contribution in [0.5, 0.6) is 5.75 Å². The number of amides is 2. The zero-order chi connectivity index (χ0) is 27.7. The zero-order valence-electron chi connectivity index (χ0n) is 22.2. The molecule has 0 saturated carbocycles. The summed E-state index contributed by atoms with van der Waals surface area (Å²) in [6, 6.07) is 30.1. The second-order valence-electron chi connectivity index (χ2n) is 9.52. The van der Waals surface area contributed by atoms with Crippen LogP contribution in [-0.4, -0.2) is 42.1 Å². The Balaban J connectivity index is 1.37. The van der Waals surface area contributed by atoms with Crippen molar-refractivity contribution in [3.8, 4) is 5.75 Å². The molecule has 1 aromatic heterocycles. The monoisotopic (exact) mass is 553 g/mol. The number of carbonyl (C=O) groups is 2. The average Bonchev–Trinajstić information content (AvgIpc) is 3.68. The van der Waals surface area contributed by atoms with Crippen LogP contribution in [0.1, 0.15) is 33.9 Å². The molecular formula is C32H31N3O4S. The fraction of sp³-hybridized carbons (Fsp3) is 0.219. The van der Waals surface area contributed by atoms with Crippen molar-refractivity contribution in [2.24, 2.45) is 5.16 Å². The Morgan fingerprint density at radius 3 is 2.23 bits per heavy atom. The summed E-state index contributed by atoms with van der Waals surface area (Å²) in [6.07, 6.45) is 0.306. The van der Waals surface area contributed by atoms with Crippen LogP contribution in [0.4, 0.5) is 0 Å². The van der Waals surface area contributed by atoms with E-state index in [1.54, 1.807) is 23.3 Å². The molecule has 1 aliphatic heterocycles. The molecule has 204 valence electrons. The van der Waals surface area contributed by atoms with Gasteiger partial charge in [-0.05, 0) is 40.3 Å². The summed E-state index contributed by atoms with van der Waals surface area (Å²) >= 11 is 1.58. The van der Waals surface area contributed by atoms with E-state index in [0.29, 0.717) is 18.7 Å². The van der Waals surface area contributed by atoms with Crippen LogP contribution in [0.15, 0.2) is 108 Å². The van der Waals surface area contributed by atoms with Crippen LogP contribution >= 0.6 is 11.3 Å². The molecule has 1 fully saturated rings. The van der Waals surface area contributed by atoms with Crippen molar-refractivity contribution in [3.63, 3.8) is 0 Å². The van der Waals surface area contributed by atoms with Crippen molar-refractivity contribution in [1.29, 1.82) is 0 Å². The maximum absolute atomic E-state index is 14.2. The van der Waals surface area contributed by atoms with Crippen molar-refractivity contribution in [2.75, 3.05) is 13.7 Å². The van der Waals surface area contributed by atoms with E-state index in [0.717, 1.165) is 27.3 Å². The van der Waals surface area contributed by atoms with Crippen molar-refractivity contribution >= 4 is 28.9 Å². The standard InChI is InChI=1S/C32H31N3O4S/c1-38-27-16-14-23(15-17-27)22-39-34-26-19-29(31(36)33-20-28-13-8-18-40-28)35(21-26)32(37)30(24-9-4-2-5-10-24)25-11-6-3-7-12-25/h2-18,29-30H,19-22H2,1H3,(H,33,36)/t29-/m0/s1. The summed E-state index contributed by atoms with van der Waals surface area (Å²) in [5.41, 5.74) is 3.34. The van der Waals surface area contributed by atoms with Crippen LogP contribution in [0.2, 0.25) is 0 Å². The summed E-state index contributed by atoms with van der Waals surface area (Å²) < 4.78 is 5.21. The summed E-state index contributed by atoms with van der Waals surface area (Å²) in [7, 11) is 1.62. The highest BCUT2D eigenvalue weighted by Crippen LogP contribution is 2.30. The molecule has 2 amide bonds. The molecule has 1 saturated heterocycles. The molecule has 1 atom stereocenters. The van der Waals surface area contributed by atoms with Crippen LogP contribution in [0.3, 0.4) is 0 Å². The first kappa shape index (κ1) is 27.1. The van der Waals surface area contributed by atoms with Crippen LogP contribution in [0, 0.1) is 0 Å². The van der Waals surface area contributed by atoms with Gasteiger partial charge in [0.2, 0.25) is 11.8 Å². The number of hydrogen-bond acceptors (Lipinski definition) is 6. The third-order valence-electron chi connectivity index (χ3n) is 6.86. The number of thiophene rings is 1. The van der Waals surface area contributed by atoms with E-state index in [9.17, 15) is 9.59 Å². The minimum Gasteiger partial charge on any atom is -0.497 e. The van der Waals surface area contributed by atoms with Gasteiger partial charge in [-0.1, -0.05) is 84.0 Å². The Hall–Kier alpha value is -4.43. The predicted molar refractivity (Wildman–Crippen MR) is 156 cm³/mol. The molecule has 5 rings (SSSR count). The van der Waals surface area contributed by atoms with Gasteiger partial charge in [-0.3, -0.25) is 9.59 Å². The second-order valence-corrected chi connectivity index (χ2v) is 10.5. The molecule has 1 aliphatic rings. The second kappa shape index (κ2) is 13.1. The Bertz CT molecular complexity index is 1380. The van der Waals surface area contributed by atoms with Crippen molar-refractivity contribution in [1.82, 2.24) is 10.2 Å². The Labute approximate surface area is 238 Å². The van der Waals surface area contributed by atoms with Crippen LogP contribution in [0.25, 0.3) is 0 Å². The number of ether oxygens (including phenoxy) is 1. The maximum Gasteiger partial charge on any atom is 0.243 e.